The van der Waals surface area contributed by atoms with Gasteiger partial charge < -0.3 is 52.4 Å². The summed E-state index contributed by atoms with van der Waals surface area (Å²) in [6.07, 6.45) is 3.00. The van der Waals surface area contributed by atoms with Crippen LogP contribution in [-0.2, 0) is 65.3 Å². The van der Waals surface area contributed by atoms with Gasteiger partial charge in [0.1, 0.15) is 17.9 Å². The van der Waals surface area contributed by atoms with Gasteiger partial charge in [0, 0.05) is 31.8 Å². The van der Waals surface area contributed by atoms with Crippen LogP contribution >= 0.6 is 0 Å². The molecule has 0 aliphatic rings. The maximum Gasteiger partial charge on any atom is 0.332 e. The van der Waals surface area contributed by atoms with Crippen LogP contribution in [0.1, 0.15) is 33.3 Å². The van der Waals surface area contributed by atoms with Crippen molar-refractivity contribution in [1.29, 1.82) is 0 Å². The molecule has 0 radical (unpaired) electrons. The van der Waals surface area contributed by atoms with Gasteiger partial charge in [0.05, 0.1) is 112 Å². The fourth-order valence-electron chi connectivity index (χ4n) is 5.31. The van der Waals surface area contributed by atoms with Gasteiger partial charge in [-0.15, -0.1) is 0 Å². The Bertz CT molecular complexity index is 1700. The lowest BCUT2D eigenvalue weighted by Gasteiger charge is -2.14. The lowest BCUT2D eigenvalue weighted by atomic mass is 10.1. The highest BCUT2D eigenvalue weighted by molar-refractivity contribution is 5.87. The summed E-state index contributed by atoms with van der Waals surface area (Å²) in [5.41, 5.74) is 1.42. The van der Waals surface area contributed by atoms with Crippen LogP contribution in [-0.4, -0.2) is 151 Å². The van der Waals surface area contributed by atoms with Gasteiger partial charge in [-0.2, -0.15) is 0 Å². The molecule has 2 heterocycles. The number of esters is 1. The van der Waals surface area contributed by atoms with E-state index in [9.17, 15) is 14.4 Å². The van der Waals surface area contributed by atoms with E-state index in [4.69, 9.17) is 47.4 Å². The predicted octanol–water partition coefficient (Wildman–Crippen LogP) is 3.20. The molecule has 0 aliphatic carbocycles. The van der Waals surface area contributed by atoms with Crippen LogP contribution in [0.5, 0.6) is 0 Å². The van der Waals surface area contributed by atoms with Crippen molar-refractivity contribution in [3.63, 3.8) is 0 Å². The molecule has 3 rings (SSSR count). The fourth-order valence-corrected chi connectivity index (χ4v) is 5.31. The Morgan fingerprint density at radius 2 is 1.03 bits per heavy atom. The Morgan fingerprint density at radius 1 is 0.621 bits per heavy atom. The number of rotatable bonds is 34. The maximum absolute atomic E-state index is 13.2. The van der Waals surface area contributed by atoms with E-state index in [0.29, 0.717) is 136 Å². The highest BCUT2D eigenvalue weighted by atomic mass is 16.6. The largest absolute Gasteiger partial charge is 0.460 e. The molecule has 0 atom stereocenters. The van der Waals surface area contributed by atoms with Gasteiger partial charge in [-0.25, -0.2) is 14.6 Å². The smallest absolute Gasteiger partial charge is 0.332 e. The van der Waals surface area contributed by atoms with Gasteiger partial charge in [0.2, 0.25) is 0 Å². The molecule has 1 N–H and O–H groups in total. The zero-order chi connectivity index (χ0) is 41.8. The van der Waals surface area contributed by atoms with Gasteiger partial charge in [-0.1, -0.05) is 52.0 Å². The van der Waals surface area contributed by atoms with Crippen LogP contribution in [0.4, 0.5) is 0 Å². The van der Waals surface area contributed by atoms with Gasteiger partial charge in [-0.3, -0.25) is 13.9 Å². The van der Waals surface area contributed by atoms with Crippen molar-refractivity contribution in [3.05, 3.63) is 56.7 Å². The van der Waals surface area contributed by atoms with Crippen molar-refractivity contribution < 1.29 is 52.2 Å². The number of aromatic nitrogens is 4. The number of imidazole rings is 1. The first-order valence-electron chi connectivity index (χ1n) is 20.0. The van der Waals surface area contributed by atoms with Crippen molar-refractivity contribution in [2.24, 2.45) is 11.8 Å². The van der Waals surface area contributed by atoms with Crippen LogP contribution in [0.2, 0.25) is 0 Å². The van der Waals surface area contributed by atoms with Crippen molar-refractivity contribution in [3.8, 4) is 11.4 Å². The van der Waals surface area contributed by atoms with Gasteiger partial charge >= 0.3 is 11.7 Å². The molecule has 0 amide bonds. The molecule has 0 spiro atoms. The highest BCUT2D eigenvalue weighted by Gasteiger charge is 2.19. The number of fused-ring (bicyclic) bond motifs is 1. The number of carbonyl (C=O) groups is 1. The predicted molar refractivity (Wildman–Crippen MR) is 218 cm³/mol. The molecule has 0 bridgehead atoms. The topological polar surface area (TPSA) is 182 Å². The molecule has 58 heavy (non-hydrogen) atoms. The minimum Gasteiger partial charge on any atom is -0.460 e. The first kappa shape index (κ1) is 48.6. The van der Waals surface area contributed by atoms with Crippen LogP contribution < -0.4 is 11.2 Å². The Kier molecular flexibility index (Phi) is 24.7. The van der Waals surface area contributed by atoms with E-state index in [1.807, 2.05) is 52.0 Å². The number of ether oxygens (including phenoxy) is 10. The Balaban J connectivity index is 1.17. The molecule has 0 saturated carbocycles. The minimum absolute atomic E-state index is 0.110. The first-order chi connectivity index (χ1) is 28.2. The third-order valence-corrected chi connectivity index (χ3v) is 8.06. The second kappa shape index (κ2) is 29.4. The fraction of sp³-hybridized carbons (Fsp3) is 0.659. The molecule has 2 aromatic heterocycles. The summed E-state index contributed by atoms with van der Waals surface area (Å²) in [6.45, 7) is 16.8. The summed E-state index contributed by atoms with van der Waals surface area (Å²) in [5.74, 6) is 0.298. The Hall–Kier alpha value is -3.78. The van der Waals surface area contributed by atoms with Gasteiger partial charge in [0.25, 0.3) is 5.56 Å². The number of benzene rings is 1. The van der Waals surface area contributed by atoms with E-state index in [1.54, 1.807) is 17.8 Å². The Morgan fingerprint density at radius 3 is 1.47 bits per heavy atom. The molecule has 326 valence electrons. The summed E-state index contributed by atoms with van der Waals surface area (Å²) < 4.78 is 56.5. The lowest BCUT2D eigenvalue weighted by molar-refractivity contribution is -0.139. The minimum atomic E-state index is -0.491. The van der Waals surface area contributed by atoms with Crippen LogP contribution in [0.3, 0.4) is 0 Å². The number of nitrogens with one attached hydrogen (secondary N) is 1. The SMILES string of the molecule is COCCOCCOCCOCCOCCOCCOCCOCCOCCOC(=O)C=Cc1ccc(-c2nc3c([nH]2)c(=O)n(CC(C)C)c(=O)n3CC(C)C)cc1. The lowest BCUT2D eigenvalue weighted by Crippen LogP contribution is -2.41. The summed E-state index contributed by atoms with van der Waals surface area (Å²) in [5, 5.41) is 0. The molecular weight excluding hydrogens is 756 g/mol. The van der Waals surface area contributed by atoms with Crippen molar-refractivity contribution in [1.82, 2.24) is 19.1 Å². The van der Waals surface area contributed by atoms with Crippen LogP contribution in [0, 0.1) is 11.8 Å². The molecule has 17 nitrogen and oxygen atoms in total. The van der Waals surface area contributed by atoms with Crippen molar-refractivity contribution >= 4 is 23.2 Å². The van der Waals surface area contributed by atoms with E-state index in [-0.39, 0.29) is 36.3 Å². The third-order valence-electron chi connectivity index (χ3n) is 8.06. The number of carbonyl (C=O) groups excluding carboxylic acids is 1. The standard InChI is InChI=1S/C41H64N4O13/c1-32(2)30-44-39-37(40(47)45(41(44)48)31-33(3)4)42-38(43-39)35-9-6-34(7-10-35)8-11-36(46)58-29-28-57-27-26-56-25-24-55-23-22-54-21-20-53-19-18-52-17-16-51-15-14-50-13-12-49-5/h6-11,32-33H,12-31H2,1-5H3,(H,42,43). The molecule has 3 aromatic rings. The third kappa shape index (κ3) is 19.3. The van der Waals surface area contributed by atoms with E-state index in [0.717, 1.165) is 11.1 Å². The molecule has 0 saturated heterocycles. The normalized spacial score (nSPS) is 11.9. The molecule has 1 aromatic carbocycles. The summed E-state index contributed by atoms with van der Waals surface area (Å²) in [7, 11) is 1.64. The quantitative estimate of drug-likeness (QED) is 0.0527. The van der Waals surface area contributed by atoms with Crippen molar-refractivity contribution in [2.75, 3.05) is 126 Å². The van der Waals surface area contributed by atoms with Gasteiger partial charge in [-0.05, 0) is 23.5 Å². The van der Waals surface area contributed by atoms with Crippen LogP contribution in [0.25, 0.3) is 28.6 Å². The number of H-pyrrole nitrogens is 1. The summed E-state index contributed by atoms with van der Waals surface area (Å²) in [4.78, 5) is 46.5. The van der Waals surface area contributed by atoms with E-state index < -0.39 is 5.97 Å². The van der Waals surface area contributed by atoms with Crippen molar-refractivity contribution in [2.45, 2.75) is 40.8 Å². The molecule has 0 unspecified atom stereocenters. The van der Waals surface area contributed by atoms with E-state index >= 15 is 0 Å². The van der Waals surface area contributed by atoms with Crippen LogP contribution in [0.15, 0.2) is 39.9 Å². The van der Waals surface area contributed by atoms with E-state index in [1.165, 1.54) is 10.6 Å². The average molecular weight is 821 g/mol. The number of hydrogen-bond acceptors (Lipinski definition) is 14. The van der Waals surface area contributed by atoms with E-state index in [2.05, 4.69) is 9.97 Å². The second-order valence-electron chi connectivity index (χ2n) is 13.9. The molecule has 0 aliphatic heterocycles. The molecule has 17 heteroatoms. The highest BCUT2D eigenvalue weighted by Crippen LogP contribution is 2.20. The zero-order valence-electron chi connectivity index (χ0n) is 34.9. The average Bonchev–Trinajstić information content (AvgIpc) is 3.66. The second-order valence-corrected chi connectivity index (χ2v) is 13.9. The molecular formula is C41H64N4O13. The maximum atomic E-state index is 13.2. The zero-order valence-corrected chi connectivity index (χ0v) is 34.9. The summed E-state index contributed by atoms with van der Waals surface area (Å²) in [6, 6.07) is 7.32. The number of hydrogen-bond donors (Lipinski definition) is 1. The number of methoxy groups -OCH3 is 1. The Labute approximate surface area is 340 Å². The first-order valence-corrected chi connectivity index (χ1v) is 20.0. The number of nitrogens with zero attached hydrogens (tertiary/aromatic N) is 3. The number of aromatic amines is 1. The summed E-state index contributed by atoms with van der Waals surface area (Å²) >= 11 is 0. The monoisotopic (exact) mass is 820 g/mol. The molecule has 0 fully saturated rings. The van der Waals surface area contributed by atoms with Gasteiger partial charge in [0.15, 0.2) is 5.65 Å².